The first-order valence-corrected chi connectivity index (χ1v) is 8.17. The Labute approximate surface area is 117 Å². The number of hydrogen-bond donors (Lipinski definition) is 1. The van der Waals surface area contributed by atoms with Crippen LogP contribution in [0.3, 0.4) is 0 Å². The Balaban J connectivity index is 2.25. The standard InChI is InChI=1S/C13H16N2O4S/c1-13(10-6-4-3-5-7-10)11(16)15(12(17)14-13)8-9-20(2,18)19/h3-7H,8-9H2,1-2H3,(H,14,17)/t13-/m0/s1. The van der Waals surface area contributed by atoms with Gasteiger partial charge in [-0.2, -0.15) is 0 Å². The van der Waals surface area contributed by atoms with E-state index < -0.39 is 27.3 Å². The molecule has 0 spiro atoms. The Bertz CT molecular complexity index is 642. The van der Waals surface area contributed by atoms with Crippen molar-refractivity contribution in [2.24, 2.45) is 0 Å². The van der Waals surface area contributed by atoms with Crippen LogP contribution >= 0.6 is 0 Å². The monoisotopic (exact) mass is 296 g/mol. The van der Waals surface area contributed by atoms with Crippen LogP contribution in [0.4, 0.5) is 4.79 Å². The molecule has 0 radical (unpaired) electrons. The van der Waals surface area contributed by atoms with Gasteiger partial charge < -0.3 is 5.32 Å². The van der Waals surface area contributed by atoms with Crippen LogP contribution in [0.1, 0.15) is 12.5 Å². The Hall–Kier alpha value is -1.89. The number of hydrogen-bond acceptors (Lipinski definition) is 4. The average molecular weight is 296 g/mol. The minimum atomic E-state index is -3.23. The minimum absolute atomic E-state index is 0.133. The zero-order valence-corrected chi connectivity index (χ0v) is 12.1. The number of carbonyl (C=O) groups is 2. The SMILES string of the molecule is C[C@@]1(c2ccccc2)NC(=O)N(CCS(C)(=O)=O)C1=O. The number of carbonyl (C=O) groups excluding carboxylic acids is 2. The molecule has 0 saturated carbocycles. The molecule has 2 rings (SSSR count). The predicted molar refractivity (Wildman–Crippen MR) is 73.7 cm³/mol. The molecule has 6 nitrogen and oxygen atoms in total. The van der Waals surface area contributed by atoms with E-state index in [9.17, 15) is 18.0 Å². The highest BCUT2D eigenvalue weighted by Gasteiger charge is 2.48. The Morgan fingerprint density at radius 2 is 1.80 bits per heavy atom. The van der Waals surface area contributed by atoms with Crippen molar-refractivity contribution in [1.82, 2.24) is 10.2 Å². The number of amides is 3. The van der Waals surface area contributed by atoms with E-state index in [-0.39, 0.29) is 12.3 Å². The van der Waals surface area contributed by atoms with Gasteiger partial charge in [-0.1, -0.05) is 30.3 Å². The van der Waals surface area contributed by atoms with Crippen molar-refractivity contribution in [1.29, 1.82) is 0 Å². The highest BCUT2D eigenvalue weighted by Crippen LogP contribution is 2.28. The summed E-state index contributed by atoms with van der Waals surface area (Å²) in [5, 5.41) is 2.63. The fraction of sp³-hybridized carbons (Fsp3) is 0.385. The van der Waals surface area contributed by atoms with Gasteiger partial charge in [0.2, 0.25) is 0 Å². The molecule has 1 aromatic rings. The topological polar surface area (TPSA) is 83.6 Å². The minimum Gasteiger partial charge on any atom is -0.319 e. The van der Waals surface area contributed by atoms with Crippen molar-refractivity contribution in [3.05, 3.63) is 35.9 Å². The normalized spacial score (nSPS) is 23.0. The van der Waals surface area contributed by atoms with Crippen LogP contribution in [0, 0.1) is 0 Å². The van der Waals surface area contributed by atoms with Crippen LogP contribution in [0.2, 0.25) is 0 Å². The summed E-state index contributed by atoms with van der Waals surface area (Å²) in [4.78, 5) is 25.2. The molecular weight excluding hydrogens is 280 g/mol. The third kappa shape index (κ3) is 2.67. The summed E-state index contributed by atoms with van der Waals surface area (Å²) in [5.41, 5.74) is -0.476. The zero-order chi connectivity index (χ0) is 15.0. The van der Waals surface area contributed by atoms with Crippen LogP contribution in [-0.4, -0.2) is 43.8 Å². The third-order valence-electron chi connectivity index (χ3n) is 3.31. The van der Waals surface area contributed by atoms with E-state index in [1.807, 2.05) is 6.07 Å². The lowest BCUT2D eigenvalue weighted by Gasteiger charge is -2.22. The van der Waals surface area contributed by atoms with Gasteiger partial charge in [0.25, 0.3) is 5.91 Å². The summed E-state index contributed by atoms with van der Waals surface area (Å²) in [7, 11) is -3.23. The van der Waals surface area contributed by atoms with E-state index in [4.69, 9.17) is 0 Å². The molecule has 0 unspecified atom stereocenters. The summed E-state index contributed by atoms with van der Waals surface area (Å²) in [6, 6.07) is 8.30. The summed E-state index contributed by atoms with van der Waals surface area (Å²) in [6.45, 7) is 1.48. The molecule has 3 amide bonds. The Kier molecular flexibility index (Phi) is 3.56. The van der Waals surface area contributed by atoms with Crippen LogP contribution < -0.4 is 5.32 Å². The van der Waals surface area contributed by atoms with Crippen LogP contribution in [-0.2, 0) is 20.2 Å². The summed E-state index contributed by atoms with van der Waals surface area (Å²) in [6.07, 6.45) is 1.07. The van der Waals surface area contributed by atoms with Gasteiger partial charge in [-0.3, -0.25) is 9.69 Å². The lowest BCUT2D eigenvalue weighted by Crippen LogP contribution is -2.41. The van der Waals surface area contributed by atoms with Gasteiger partial charge in [0, 0.05) is 12.8 Å². The van der Waals surface area contributed by atoms with E-state index in [0.717, 1.165) is 11.2 Å². The second-order valence-electron chi connectivity index (χ2n) is 5.01. The number of rotatable bonds is 4. The van der Waals surface area contributed by atoms with E-state index in [1.165, 1.54) is 0 Å². The first-order valence-electron chi connectivity index (χ1n) is 6.11. The van der Waals surface area contributed by atoms with Crippen LogP contribution in [0.25, 0.3) is 0 Å². The summed E-state index contributed by atoms with van der Waals surface area (Å²) < 4.78 is 22.3. The molecule has 1 N–H and O–H groups in total. The molecule has 1 aromatic carbocycles. The number of imide groups is 1. The maximum atomic E-state index is 12.4. The maximum Gasteiger partial charge on any atom is 0.325 e. The molecule has 1 aliphatic rings. The second-order valence-corrected chi connectivity index (χ2v) is 7.27. The molecule has 0 bridgehead atoms. The molecule has 1 aliphatic heterocycles. The van der Waals surface area contributed by atoms with Gasteiger partial charge in [0.15, 0.2) is 0 Å². The molecule has 0 aliphatic carbocycles. The third-order valence-corrected chi connectivity index (χ3v) is 4.24. The van der Waals surface area contributed by atoms with Gasteiger partial charge >= 0.3 is 6.03 Å². The molecule has 7 heteroatoms. The van der Waals surface area contributed by atoms with Gasteiger partial charge in [-0.15, -0.1) is 0 Å². The zero-order valence-electron chi connectivity index (χ0n) is 11.3. The fourth-order valence-corrected chi connectivity index (χ4v) is 2.64. The number of nitrogens with one attached hydrogen (secondary N) is 1. The first-order chi connectivity index (χ1) is 9.24. The van der Waals surface area contributed by atoms with Crippen molar-refractivity contribution < 1.29 is 18.0 Å². The van der Waals surface area contributed by atoms with Gasteiger partial charge in [-0.25, -0.2) is 13.2 Å². The van der Waals surface area contributed by atoms with E-state index in [0.29, 0.717) is 5.56 Å². The van der Waals surface area contributed by atoms with Gasteiger partial charge in [-0.05, 0) is 12.5 Å². The van der Waals surface area contributed by atoms with E-state index >= 15 is 0 Å². The number of urea groups is 1. The average Bonchev–Trinajstić information content (AvgIpc) is 2.59. The second kappa shape index (κ2) is 4.90. The lowest BCUT2D eigenvalue weighted by molar-refractivity contribution is -0.130. The molecule has 1 fully saturated rings. The molecule has 108 valence electrons. The number of benzene rings is 1. The number of sulfone groups is 1. The van der Waals surface area contributed by atoms with Gasteiger partial charge in [0.05, 0.1) is 5.75 Å². The largest absolute Gasteiger partial charge is 0.325 e. The fourth-order valence-electron chi connectivity index (χ4n) is 2.12. The number of nitrogens with zero attached hydrogens (tertiary/aromatic N) is 1. The summed E-state index contributed by atoms with van der Waals surface area (Å²) in [5.74, 6) is -0.672. The van der Waals surface area contributed by atoms with Crippen LogP contribution in [0.15, 0.2) is 30.3 Å². The smallest absolute Gasteiger partial charge is 0.319 e. The predicted octanol–water partition coefficient (Wildman–Crippen LogP) is 0.498. The van der Waals surface area contributed by atoms with Crippen molar-refractivity contribution >= 4 is 21.8 Å². The highest BCUT2D eigenvalue weighted by atomic mass is 32.2. The Morgan fingerprint density at radius 1 is 1.20 bits per heavy atom. The Morgan fingerprint density at radius 3 is 2.35 bits per heavy atom. The maximum absolute atomic E-state index is 12.4. The lowest BCUT2D eigenvalue weighted by atomic mass is 9.92. The summed E-state index contributed by atoms with van der Waals surface area (Å²) >= 11 is 0. The molecule has 20 heavy (non-hydrogen) atoms. The van der Waals surface area contributed by atoms with Crippen molar-refractivity contribution in [2.45, 2.75) is 12.5 Å². The van der Waals surface area contributed by atoms with Crippen molar-refractivity contribution in [3.8, 4) is 0 Å². The highest BCUT2D eigenvalue weighted by molar-refractivity contribution is 7.90. The molecule has 0 aromatic heterocycles. The van der Waals surface area contributed by atoms with Crippen LogP contribution in [0.5, 0.6) is 0 Å². The molecular formula is C13H16N2O4S. The quantitative estimate of drug-likeness (QED) is 0.820. The van der Waals surface area contributed by atoms with E-state index in [2.05, 4.69) is 5.32 Å². The molecule has 1 heterocycles. The van der Waals surface area contributed by atoms with Crippen molar-refractivity contribution in [3.63, 3.8) is 0 Å². The van der Waals surface area contributed by atoms with Gasteiger partial charge in [0.1, 0.15) is 15.4 Å². The molecule has 1 atom stereocenters. The molecule has 1 saturated heterocycles. The van der Waals surface area contributed by atoms with Crippen molar-refractivity contribution in [2.75, 3.05) is 18.6 Å². The van der Waals surface area contributed by atoms with E-state index in [1.54, 1.807) is 31.2 Å². The first kappa shape index (κ1) is 14.5.